The summed E-state index contributed by atoms with van der Waals surface area (Å²) in [4.78, 5) is 24.4. The van der Waals surface area contributed by atoms with Gasteiger partial charge in [-0.1, -0.05) is 0 Å². The van der Waals surface area contributed by atoms with Crippen molar-refractivity contribution in [2.75, 3.05) is 19.6 Å². The minimum Gasteiger partial charge on any atom is -0.459 e. The zero-order valence-electron chi connectivity index (χ0n) is 10.2. The molecule has 2 heterocycles. The Bertz CT molecular complexity index is 397. The number of hydrogen-bond donors (Lipinski definition) is 3. The number of piperidine rings is 1. The van der Waals surface area contributed by atoms with E-state index in [1.807, 2.05) is 0 Å². The summed E-state index contributed by atoms with van der Waals surface area (Å²) in [6, 6.07) is 3.16. The summed E-state index contributed by atoms with van der Waals surface area (Å²) >= 11 is 0. The first kappa shape index (κ1) is 12.6. The van der Waals surface area contributed by atoms with Crippen LogP contribution in [0.2, 0.25) is 0 Å². The molecule has 6 heteroatoms. The van der Waals surface area contributed by atoms with Gasteiger partial charge in [0, 0.05) is 0 Å². The van der Waals surface area contributed by atoms with Crippen LogP contribution in [-0.2, 0) is 4.79 Å². The van der Waals surface area contributed by atoms with E-state index >= 15 is 0 Å². The number of hydrazine groups is 1. The number of rotatable bonds is 3. The molecule has 18 heavy (non-hydrogen) atoms. The molecule has 1 aliphatic rings. The van der Waals surface area contributed by atoms with Gasteiger partial charge < -0.3 is 9.32 Å². The molecule has 0 spiro atoms. The average Bonchev–Trinajstić information content (AvgIpc) is 2.91. The van der Waals surface area contributed by atoms with Crippen molar-refractivity contribution in [3.05, 3.63) is 24.2 Å². The fourth-order valence-electron chi connectivity index (χ4n) is 2.10. The van der Waals surface area contributed by atoms with Gasteiger partial charge in [0.05, 0.1) is 19.4 Å². The van der Waals surface area contributed by atoms with Crippen molar-refractivity contribution in [1.29, 1.82) is 0 Å². The maximum absolute atomic E-state index is 11.6. The minimum atomic E-state index is -0.443. The van der Waals surface area contributed by atoms with Gasteiger partial charge in [-0.2, -0.15) is 0 Å². The number of amides is 2. The average molecular weight is 252 g/mol. The highest BCUT2D eigenvalue weighted by atomic mass is 16.3. The van der Waals surface area contributed by atoms with E-state index in [1.165, 1.54) is 36.5 Å². The number of carbonyl (C=O) groups excluding carboxylic acids is 2. The zero-order valence-corrected chi connectivity index (χ0v) is 10.2. The molecule has 0 unspecified atom stereocenters. The van der Waals surface area contributed by atoms with Crippen molar-refractivity contribution in [2.45, 2.75) is 19.3 Å². The number of furan rings is 1. The Morgan fingerprint density at radius 2 is 2.00 bits per heavy atom. The third-order valence-corrected chi connectivity index (χ3v) is 3.03. The highest BCUT2D eigenvalue weighted by Gasteiger charge is 2.17. The normalized spacial score (nSPS) is 16.2. The Morgan fingerprint density at radius 3 is 2.67 bits per heavy atom. The summed E-state index contributed by atoms with van der Waals surface area (Å²) in [6.07, 6.45) is 5.00. The molecule has 1 aromatic rings. The second kappa shape index (κ2) is 6.20. The second-order valence-electron chi connectivity index (χ2n) is 4.47. The molecule has 1 saturated heterocycles. The summed E-state index contributed by atoms with van der Waals surface area (Å²) in [5, 5.41) is 0. The van der Waals surface area contributed by atoms with E-state index < -0.39 is 5.91 Å². The van der Waals surface area contributed by atoms with Crippen LogP contribution < -0.4 is 15.8 Å². The van der Waals surface area contributed by atoms with Crippen LogP contribution in [0.5, 0.6) is 0 Å². The number of nitrogens with one attached hydrogen (secondary N) is 3. The highest BCUT2D eigenvalue weighted by molar-refractivity contribution is 5.92. The van der Waals surface area contributed by atoms with E-state index in [2.05, 4.69) is 10.9 Å². The number of likely N-dealkylation sites (tertiary alicyclic amines) is 1. The topological polar surface area (TPSA) is 75.8 Å². The summed E-state index contributed by atoms with van der Waals surface area (Å²) in [7, 11) is 0. The standard InChI is InChI=1S/C12H17N3O3/c16-11(9-15-6-2-1-3-7-15)13-14-12(17)10-5-4-8-18-10/h4-5,8H,1-3,6-7,9H2,(H,13,16)(H,14,17)/p+1. The fourth-order valence-corrected chi connectivity index (χ4v) is 2.10. The van der Waals surface area contributed by atoms with Crippen LogP contribution in [-0.4, -0.2) is 31.4 Å². The maximum Gasteiger partial charge on any atom is 0.305 e. The van der Waals surface area contributed by atoms with Crippen molar-refractivity contribution >= 4 is 11.8 Å². The first-order valence-corrected chi connectivity index (χ1v) is 6.22. The van der Waals surface area contributed by atoms with E-state index in [0.717, 1.165) is 13.1 Å². The lowest BCUT2D eigenvalue weighted by Crippen LogP contribution is -3.14. The molecule has 2 amide bonds. The van der Waals surface area contributed by atoms with Crippen LogP contribution >= 0.6 is 0 Å². The Morgan fingerprint density at radius 1 is 1.22 bits per heavy atom. The van der Waals surface area contributed by atoms with Gasteiger partial charge in [-0.15, -0.1) is 0 Å². The van der Waals surface area contributed by atoms with Gasteiger partial charge in [0.2, 0.25) is 0 Å². The van der Waals surface area contributed by atoms with Crippen LogP contribution in [0.3, 0.4) is 0 Å². The van der Waals surface area contributed by atoms with Gasteiger partial charge >= 0.3 is 5.91 Å². The van der Waals surface area contributed by atoms with Crippen LogP contribution in [0, 0.1) is 0 Å². The quantitative estimate of drug-likeness (QED) is 0.611. The summed E-state index contributed by atoms with van der Waals surface area (Å²) < 4.78 is 4.91. The molecular formula is C12H18N3O3+. The third-order valence-electron chi connectivity index (χ3n) is 3.03. The van der Waals surface area contributed by atoms with Crippen LogP contribution in [0.1, 0.15) is 29.8 Å². The molecule has 1 aromatic heterocycles. The fraction of sp³-hybridized carbons (Fsp3) is 0.500. The SMILES string of the molecule is O=C(C[NH+]1CCCCC1)NNC(=O)c1ccco1. The first-order valence-electron chi connectivity index (χ1n) is 6.22. The van der Waals surface area contributed by atoms with Crippen molar-refractivity contribution in [1.82, 2.24) is 10.9 Å². The third kappa shape index (κ3) is 3.59. The molecule has 1 aliphatic heterocycles. The lowest BCUT2D eigenvalue weighted by atomic mass is 10.1. The van der Waals surface area contributed by atoms with Gasteiger partial charge in [-0.25, -0.2) is 0 Å². The molecule has 6 nitrogen and oxygen atoms in total. The van der Waals surface area contributed by atoms with E-state index in [-0.39, 0.29) is 11.7 Å². The predicted molar refractivity (Wildman–Crippen MR) is 63.7 cm³/mol. The molecular weight excluding hydrogens is 234 g/mol. The molecule has 0 aromatic carbocycles. The van der Waals surface area contributed by atoms with E-state index in [0.29, 0.717) is 6.54 Å². The van der Waals surface area contributed by atoms with Gasteiger partial charge in [0.15, 0.2) is 12.3 Å². The molecule has 98 valence electrons. The molecule has 2 rings (SSSR count). The van der Waals surface area contributed by atoms with Crippen LogP contribution in [0.4, 0.5) is 0 Å². The lowest BCUT2D eigenvalue weighted by molar-refractivity contribution is -0.896. The maximum atomic E-state index is 11.6. The number of quaternary nitrogens is 1. The van der Waals surface area contributed by atoms with Gasteiger partial charge in [0.25, 0.3) is 5.91 Å². The minimum absolute atomic E-state index is 0.174. The van der Waals surface area contributed by atoms with Crippen molar-refractivity contribution in [3.8, 4) is 0 Å². The van der Waals surface area contributed by atoms with E-state index in [4.69, 9.17) is 4.42 Å². The Hall–Kier alpha value is -1.82. The number of hydrogen-bond acceptors (Lipinski definition) is 3. The van der Waals surface area contributed by atoms with Crippen LogP contribution in [0.15, 0.2) is 22.8 Å². The second-order valence-corrected chi connectivity index (χ2v) is 4.47. The molecule has 0 aliphatic carbocycles. The van der Waals surface area contributed by atoms with Gasteiger partial charge in [-0.3, -0.25) is 20.4 Å². The van der Waals surface area contributed by atoms with Crippen molar-refractivity contribution in [3.63, 3.8) is 0 Å². The van der Waals surface area contributed by atoms with E-state index in [9.17, 15) is 9.59 Å². The zero-order chi connectivity index (χ0) is 12.8. The molecule has 0 atom stereocenters. The van der Waals surface area contributed by atoms with Gasteiger partial charge in [-0.05, 0) is 31.4 Å². The molecule has 0 radical (unpaired) electrons. The molecule has 3 N–H and O–H groups in total. The van der Waals surface area contributed by atoms with Crippen molar-refractivity contribution < 1.29 is 18.9 Å². The molecule has 1 fully saturated rings. The smallest absolute Gasteiger partial charge is 0.305 e. The summed E-state index contributed by atoms with van der Waals surface area (Å²) in [6.45, 7) is 2.46. The predicted octanol–water partition coefficient (Wildman–Crippen LogP) is -0.891. The Labute approximate surface area is 105 Å². The molecule has 0 saturated carbocycles. The van der Waals surface area contributed by atoms with Crippen molar-refractivity contribution in [2.24, 2.45) is 0 Å². The Balaban J connectivity index is 1.69. The Kier molecular flexibility index (Phi) is 4.35. The van der Waals surface area contributed by atoms with Gasteiger partial charge in [0.1, 0.15) is 0 Å². The first-order chi connectivity index (χ1) is 8.75. The summed E-state index contributed by atoms with van der Waals surface area (Å²) in [5.74, 6) is -0.436. The largest absolute Gasteiger partial charge is 0.459 e. The van der Waals surface area contributed by atoms with E-state index in [1.54, 1.807) is 6.07 Å². The monoisotopic (exact) mass is 252 g/mol. The summed E-state index contributed by atoms with van der Waals surface area (Å²) in [5.41, 5.74) is 4.73. The molecule has 0 bridgehead atoms. The number of carbonyl (C=O) groups is 2. The lowest BCUT2D eigenvalue weighted by Gasteiger charge is -2.22. The van der Waals surface area contributed by atoms with Crippen LogP contribution in [0.25, 0.3) is 0 Å². The highest BCUT2D eigenvalue weighted by Crippen LogP contribution is 1.98.